The predicted octanol–water partition coefficient (Wildman–Crippen LogP) is 2.07. The lowest BCUT2D eigenvalue weighted by Crippen LogP contribution is -2.32. The third-order valence-corrected chi connectivity index (χ3v) is 5.31. The molecule has 18 heavy (non-hydrogen) atoms. The molecule has 1 heterocycles. The zero-order chi connectivity index (χ0) is 12.4. The second-order valence-corrected chi connectivity index (χ2v) is 6.57. The Bertz CT molecular complexity index is 299. The Hall–Kier alpha value is -0.570. The fraction of sp³-hybridized carbons (Fsp3) is 0.933. The molecule has 2 N–H and O–H groups in total. The second-order valence-electron chi connectivity index (χ2n) is 6.57. The summed E-state index contributed by atoms with van der Waals surface area (Å²) >= 11 is 0. The van der Waals surface area contributed by atoms with Gasteiger partial charge >= 0.3 is 0 Å². The molecule has 1 saturated heterocycles. The molecule has 0 aromatic heterocycles. The quantitative estimate of drug-likeness (QED) is 0.784. The number of nitrogens with one attached hydrogen (secondary N) is 2. The van der Waals surface area contributed by atoms with E-state index in [-0.39, 0.29) is 0 Å². The van der Waals surface area contributed by atoms with E-state index in [1.54, 1.807) is 0 Å². The van der Waals surface area contributed by atoms with Crippen molar-refractivity contribution in [3.63, 3.8) is 0 Å². The van der Waals surface area contributed by atoms with Crippen LogP contribution in [0.4, 0.5) is 0 Å². The fourth-order valence-electron chi connectivity index (χ4n) is 4.33. The summed E-state index contributed by atoms with van der Waals surface area (Å²) in [5.41, 5.74) is 0. The molecule has 0 aromatic rings. The first-order valence-corrected chi connectivity index (χ1v) is 7.81. The van der Waals surface area contributed by atoms with Crippen molar-refractivity contribution in [3.05, 3.63) is 0 Å². The highest BCUT2D eigenvalue weighted by molar-refractivity contribution is 5.76. The Labute approximate surface area is 110 Å². The number of hydrogen-bond acceptors (Lipinski definition) is 2. The first-order chi connectivity index (χ1) is 8.81. The maximum Gasteiger partial charge on any atom is 0.220 e. The summed E-state index contributed by atoms with van der Waals surface area (Å²) in [5.74, 6) is 2.83. The van der Waals surface area contributed by atoms with Crippen molar-refractivity contribution in [2.24, 2.45) is 17.8 Å². The van der Waals surface area contributed by atoms with Gasteiger partial charge in [-0.2, -0.15) is 0 Å². The van der Waals surface area contributed by atoms with Gasteiger partial charge in [-0.3, -0.25) is 4.79 Å². The van der Waals surface area contributed by atoms with Gasteiger partial charge in [0.2, 0.25) is 5.91 Å². The van der Waals surface area contributed by atoms with Gasteiger partial charge in [-0.25, -0.2) is 0 Å². The van der Waals surface area contributed by atoms with Crippen LogP contribution in [0.1, 0.15) is 51.4 Å². The van der Waals surface area contributed by atoms with E-state index in [0.29, 0.717) is 17.9 Å². The minimum absolute atomic E-state index is 0.297. The molecule has 2 aliphatic carbocycles. The summed E-state index contributed by atoms with van der Waals surface area (Å²) in [5, 5.41) is 6.59. The van der Waals surface area contributed by atoms with Crippen molar-refractivity contribution in [1.29, 1.82) is 0 Å². The molecule has 3 heteroatoms. The van der Waals surface area contributed by atoms with Crippen molar-refractivity contribution < 1.29 is 4.79 Å². The fourth-order valence-corrected chi connectivity index (χ4v) is 4.33. The summed E-state index contributed by atoms with van der Waals surface area (Å²) in [6.45, 7) is 2.01. The third kappa shape index (κ3) is 2.87. The summed E-state index contributed by atoms with van der Waals surface area (Å²) < 4.78 is 0. The molecule has 4 unspecified atom stereocenters. The number of rotatable bonds is 5. The van der Waals surface area contributed by atoms with Gasteiger partial charge in [0.25, 0.3) is 0 Å². The Balaban J connectivity index is 1.32. The van der Waals surface area contributed by atoms with E-state index in [1.807, 2.05) is 0 Å². The molecule has 3 rings (SSSR count). The second kappa shape index (κ2) is 5.60. The molecule has 1 amide bonds. The molecular weight excluding hydrogens is 224 g/mol. The van der Waals surface area contributed by atoms with Crippen LogP contribution in [0.5, 0.6) is 0 Å². The minimum atomic E-state index is 0.297. The van der Waals surface area contributed by atoms with Crippen molar-refractivity contribution >= 4 is 5.91 Å². The molecule has 1 aliphatic heterocycles. The van der Waals surface area contributed by atoms with E-state index in [2.05, 4.69) is 10.6 Å². The van der Waals surface area contributed by atoms with Crippen LogP contribution in [-0.2, 0) is 4.79 Å². The van der Waals surface area contributed by atoms with Crippen LogP contribution in [0.25, 0.3) is 0 Å². The smallest absolute Gasteiger partial charge is 0.220 e. The molecule has 3 fully saturated rings. The standard InChI is InChI=1S/C15H26N2O/c18-15(17-7-5-14-2-1-6-16-14)10-13-9-11-3-4-12(13)8-11/h11-14,16H,1-10H2,(H,17,18). The Morgan fingerprint density at radius 2 is 2.17 bits per heavy atom. The van der Waals surface area contributed by atoms with Crippen LogP contribution in [0.15, 0.2) is 0 Å². The molecule has 4 atom stereocenters. The molecule has 3 aliphatic rings. The monoisotopic (exact) mass is 250 g/mol. The average molecular weight is 250 g/mol. The first kappa shape index (κ1) is 12.5. The van der Waals surface area contributed by atoms with Crippen molar-refractivity contribution in [1.82, 2.24) is 10.6 Å². The third-order valence-electron chi connectivity index (χ3n) is 5.31. The highest BCUT2D eigenvalue weighted by Gasteiger charge is 2.39. The zero-order valence-electron chi connectivity index (χ0n) is 11.3. The van der Waals surface area contributed by atoms with Gasteiger partial charge in [-0.05, 0) is 62.8 Å². The Morgan fingerprint density at radius 3 is 2.83 bits per heavy atom. The van der Waals surface area contributed by atoms with Gasteiger partial charge in [0.05, 0.1) is 0 Å². The molecule has 0 aromatic carbocycles. The average Bonchev–Trinajstić information content (AvgIpc) is 3.04. The Morgan fingerprint density at radius 1 is 1.22 bits per heavy atom. The number of amides is 1. The van der Waals surface area contributed by atoms with Gasteiger partial charge in [0, 0.05) is 19.0 Å². The van der Waals surface area contributed by atoms with E-state index in [4.69, 9.17) is 0 Å². The van der Waals surface area contributed by atoms with Crippen LogP contribution < -0.4 is 10.6 Å². The van der Waals surface area contributed by atoms with Crippen LogP contribution in [0.3, 0.4) is 0 Å². The van der Waals surface area contributed by atoms with Crippen LogP contribution in [0, 0.1) is 17.8 Å². The van der Waals surface area contributed by atoms with E-state index in [9.17, 15) is 4.79 Å². The predicted molar refractivity (Wildman–Crippen MR) is 72.2 cm³/mol. The van der Waals surface area contributed by atoms with Crippen molar-refractivity contribution in [2.75, 3.05) is 13.1 Å². The molecule has 3 nitrogen and oxygen atoms in total. The number of carbonyl (C=O) groups is 1. The minimum Gasteiger partial charge on any atom is -0.356 e. The van der Waals surface area contributed by atoms with Gasteiger partial charge < -0.3 is 10.6 Å². The molecule has 2 saturated carbocycles. The topological polar surface area (TPSA) is 41.1 Å². The number of fused-ring (bicyclic) bond motifs is 2. The largest absolute Gasteiger partial charge is 0.356 e. The van der Waals surface area contributed by atoms with E-state index in [1.165, 1.54) is 38.5 Å². The van der Waals surface area contributed by atoms with Crippen LogP contribution >= 0.6 is 0 Å². The van der Waals surface area contributed by atoms with Crippen LogP contribution in [0.2, 0.25) is 0 Å². The zero-order valence-corrected chi connectivity index (χ0v) is 11.3. The maximum atomic E-state index is 11.9. The highest BCUT2D eigenvalue weighted by Crippen LogP contribution is 2.49. The number of hydrogen-bond donors (Lipinski definition) is 2. The summed E-state index contributed by atoms with van der Waals surface area (Å²) in [4.78, 5) is 11.9. The van der Waals surface area contributed by atoms with E-state index < -0.39 is 0 Å². The lowest BCUT2D eigenvalue weighted by molar-refractivity contribution is -0.122. The summed E-state index contributed by atoms with van der Waals surface area (Å²) in [6, 6.07) is 0.646. The SMILES string of the molecule is O=C(CC1CC2CCC1C2)NCCC1CCCN1. The normalized spacial score (nSPS) is 38.2. The van der Waals surface area contributed by atoms with Crippen LogP contribution in [-0.4, -0.2) is 25.0 Å². The molecule has 2 bridgehead atoms. The maximum absolute atomic E-state index is 11.9. The van der Waals surface area contributed by atoms with E-state index >= 15 is 0 Å². The van der Waals surface area contributed by atoms with Crippen molar-refractivity contribution in [2.45, 2.75) is 57.4 Å². The summed E-state index contributed by atoms with van der Waals surface area (Å²) in [6.07, 6.45) is 10.0. The molecule has 102 valence electrons. The number of carbonyl (C=O) groups excluding carboxylic acids is 1. The molecule has 0 radical (unpaired) electrons. The van der Waals surface area contributed by atoms with Crippen molar-refractivity contribution in [3.8, 4) is 0 Å². The molecule has 0 spiro atoms. The lowest BCUT2D eigenvalue weighted by atomic mass is 9.86. The molecular formula is C15H26N2O. The lowest BCUT2D eigenvalue weighted by Gasteiger charge is -2.21. The first-order valence-electron chi connectivity index (χ1n) is 7.81. The summed E-state index contributed by atoms with van der Waals surface area (Å²) in [7, 11) is 0. The Kier molecular flexibility index (Phi) is 3.88. The van der Waals surface area contributed by atoms with Gasteiger partial charge in [0.15, 0.2) is 0 Å². The van der Waals surface area contributed by atoms with Gasteiger partial charge in [-0.15, -0.1) is 0 Å². The highest BCUT2D eigenvalue weighted by atomic mass is 16.1. The van der Waals surface area contributed by atoms with Gasteiger partial charge in [-0.1, -0.05) is 6.42 Å². The van der Waals surface area contributed by atoms with E-state index in [0.717, 1.165) is 37.8 Å². The van der Waals surface area contributed by atoms with Gasteiger partial charge in [0.1, 0.15) is 0 Å².